The Labute approximate surface area is 123 Å². The lowest BCUT2D eigenvalue weighted by Crippen LogP contribution is -2.32. The first kappa shape index (κ1) is 16.4. The van der Waals surface area contributed by atoms with E-state index in [-0.39, 0.29) is 22.5 Å². The van der Waals surface area contributed by atoms with Crippen LogP contribution in [0.3, 0.4) is 0 Å². The number of nitrogens with one attached hydrogen (secondary N) is 2. The van der Waals surface area contributed by atoms with Gasteiger partial charge in [0.05, 0.1) is 0 Å². The molecule has 0 aliphatic carbocycles. The number of carbonyl (C=O) groups is 1. The quantitative estimate of drug-likeness (QED) is 0.675. The predicted molar refractivity (Wildman–Crippen MR) is 83.3 cm³/mol. The molecule has 0 spiro atoms. The maximum Gasteiger partial charge on any atom is 0.221 e. The van der Waals surface area contributed by atoms with E-state index in [9.17, 15) is 9.18 Å². The maximum absolute atomic E-state index is 13.6. The second kappa shape index (κ2) is 7.79. The second-order valence-corrected chi connectivity index (χ2v) is 5.05. The van der Waals surface area contributed by atoms with Crippen molar-refractivity contribution in [3.63, 3.8) is 0 Å². The molecule has 0 aliphatic heterocycles. The first-order valence-electron chi connectivity index (χ1n) is 6.56. The van der Waals surface area contributed by atoms with Crippen LogP contribution < -0.4 is 16.4 Å². The van der Waals surface area contributed by atoms with Crippen LogP contribution in [-0.2, 0) is 4.79 Å². The molecule has 4 N–H and O–H groups in total. The molecule has 0 bridgehead atoms. The van der Waals surface area contributed by atoms with Crippen LogP contribution >= 0.6 is 12.2 Å². The van der Waals surface area contributed by atoms with Gasteiger partial charge in [-0.1, -0.05) is 19.1 Å². The lowest BCUT2D eigenvalue weighted by molar-refractivity contribution is -0.121. The van der Waals surface area contributed by atoms with E-state index in [0.29, 0.717) is 18.7 Å². The Bertz CT molecular complexity index is 493. The lowest BCUT2D eigenvalue weighted by Gasteiger charge is -2.12. The van der Waals surface area contributed by atoms with Gasteiger partial charge in [-0.05, 0) is 31.5 Å². The third-order valence-electron chi connectivity index (χ3n) is 2.94. The van der Waals surface area contributed by atoms with Gasteiger partial charge in [0.15, 0.2) is 0 Å². The molecule has 1 atom stereocenters. The number of nitrogens with two attached hydrogens (primary N) is 1. The molecule has 0 heterocycles. The van der Waals surface area contributed by atoms with Crippen LogP contribution in [0.1, 0.15) is 32.3 Å². The molecular weight excluding hydrogens is 277 g/mol. The molecule has 20 heavy (non-hydrogen) atoms. The predicted octanol–water partition coefficient (Wildman–Crippen LogP) is 2.18. The van der Waals surface area contributed by atoms with Gasteiger partial charge in [0.2, 0.25) is 5.91 Å². The average Bonchev–Trinajstić information content (AvgIpc) is 2.38. The number of halogens is 1. The maximum atomic E-state index is 13.6. The molecule has 1 amide bonds. The number of benzene rings is 1. The van der Waals surface area contributed by atoms with E-state index >= 15 is 0 Å². The van der Waals surface area contributed by atoms with Gasteiger partial charge in [0, 0.05) is 30.3 Å². The van der Waals surface area contributed by atoms with Crippen molar-refractivity contribution in [2.24, 2.45) is 5.73 Å². The van der Waals surface area contributed by atoms with Crippen LogP contribution in [0.25, 0.3) is 0 Å². The summed E-state index contributed by atoms with van der Waals surface area (Å²) in [6.45, 7) is 4.40. The SMILES string of the molecule is CCC(C)NC(=O)CCNc1ccc(C(N)=S)c(F)c1. The number of thiocarbonyl (C=S) groups is 1. The molecule has 1 rings (SSSR count). The molecule has 0 saturated carbocycles. The minimum Gasteiger partial charge on any atom is -0.389 e. The summed E-state index contributed by atoms with van der Waals surface area (Å²) in [6, 6.07) is 4.70. The first-order valence-corrected chi connectivity index (χ1v) is 6.97. The van der Waals surface area contributed by atoms with Gasteiger partial charge in [-0.25, -0.2) is 4.39 Å². The van der Waals surface area contributed by atoms with Crippen molar-refractivity contribution in [3.05, 3.63) is 29.6 Å². The first-order chi connectivity index (χ1) is 9.43. The molecule has 1 unspecified atom stereocenters. The standard InChI is InChI=1S/C14H20FN3OS/c1-3-9(2)18-13(19)6-7-17-10-4-5-11(14(16)20)12(15)8-10/h4-5,8-9,17H,3,6-7H2,1-2H3,(H2,16,20)(H,18,19). The van der Waals surface area contributed by atoms with E-state index in [1.54, 1.807) is 6.07 Å². The van der Waals surface area contributed by atoms with Gasteiger partial charge >= 0.3 is 0 Å². The summed E-state index contributed by atoms with van der Waals surface area (Å²) in [6.07, 6.45) is 1.23. The summed E-state index contributed by atoms with van der Waals surface area (Å²) >= 11 is 4.73. The largest absolute Gasteiger partial charge is 0.389 e. The summed E-state index contributed by atoms with van der Waals surface area (Å²) in [5.41, 5.74) is 6.20. The smallest absolute Gasteiger partial charge is 0.221 e. The van der Waals surface area contributed by atoms with E-state index in [4.69, 9.17) is 18.0 Å². The minimum absolute atomic E-state index is 0.0212. The summed E-state index contributed by atoms with van der Waals surface area (Å²) in [5.74, 6) is -0.487. The van der Waals surface area contributed by atoms with Crippen LogP contribution in [0.2, 0.25) is 0 Å². The topological polar surface area (TPSA) is 67.2 Å². The van der Waals surface area contributed by atoms with Crippen molar-refractivity contribution in [1.82, 2.24) is 5.32 Å². The highest BCUT2D eigenvalue weighted by Gasteiger charge is 2.07. The van der Waals surface area contributed by atoms with Crippen molar-refractivity contribution < 1.29 is 9.18 Å². The summed E-state index contributed by atoms with van der Waals surface area (Å²) in [5, 5.41) is 5.85. The average molecular weight is 297 g/mol. The Hall–Kier alpha value is -1.69. The second-order valence-electron chi connectivity index (χ2n) is 4.61. The lowest BCUT2D eigenvalue weighted by atomic mass is 10.2. The fourth-order valence-corrected chi connectivity index (χ4v) is 1.76. The summed E-state index contributed by atoms with van der Waals surface area (Å²) in [7, 11) is 0. The molecule has 110 valence electrons. The Morgan fingerprint density at radius 1 is 1.50 bits per heavy atom. The third-order valence-corrected chi connectivity index (χ3v) is 3.16. The third kappa shape index (κ3) is 5.13. The van der Waals surface area contributed by atoms with Crippen molar-refractivity contribution in [3.8, 4) is 0 Å². The fourth-order valence-electron chi connectivity index (χ4n) is 1.59. The highest BCUT2D eigenvalue weighted by Crippen LogP contribution is 2.14. The molecule has 0 fully saturated rings. The van der Waals surface area contributed by atoms with Crippen molar-refractivity contribution in [1.29, 1.82) is 0 Å². The van der Waals surface area contributed by atoms with Crippen molar-refractivity contribution >= 4 is 28.8 Å². The zero-order valence-electron chi connectivity index (χ0n) is 11.7. The molecule has 4 nitrogen and oxygen atoms in total. The van der Waals surface area contributed by atoms with Gasteiger partial charge in [0.1, 0.15) is 10.8 Å². The highest BCUT2D eigenvalue weighted by molar-refractivity contribution is 7.80. The molecule has 0 radical (unpaired) electrons. The van der Waals surface area contributed by atoms with Crippen molar-refractivity contribution in [2.45, 2.75) is 32.7 Å². The molecule has 0 aliphatic rings. The summed E-state index contributed by atoms with van der Waals surface area (Å²) in [4.78, 5) is 11.6. The fraction of sp³-hybridized carbons (Fsp3) is 0.429. The number of hydrogen-bond donors (Lipinski definition) is 3. The summed E-state index contributed by atoms with van der Waals surface area (Å²) < 4.78 is 13.6. The van der Waals surface area contributed by atoms with Crippen LogP contribution in [0.4, 0.5) is 10.1 Å². The number of hydrogen-bond acceptors (Lipinski definition) is 3. The van der Waals surface area contributed by atoms with Crippen LogP contribution in [0.5, 0.6) is 0 Å². The van der Waals surface area contributed by atoms with Crippen LogP contribution in [-0.4, -0.2) is 23.5 Å². The molecular formula is C14H20FN3OS. The zero-order valence-corrected chi connectivity index (χ0v) is 12.5. The zero-order chi connectivity index (χ0) is 15.1. The van der Waals surface area contributed by atoms with E-state index in [0.717, 1.165) is 6.42 Å². The molecule has 0 aromatic heterocycles. The van der Waals surface area contributed by atoms with E-state index < -0.39 is 5.82 Å². The molecule has 1 aromatic rings. The van der Waals surface area contributed by atoms with Crippen molar-refractivity contribution in [2.75, 3.05) is 11.9 Å². The Kier molecular flexibility index (Phi) is 6.38. The number of carbonyl (C=O) groups excluding carboxylic acids is 1. The van der Waals surface area contributed by atoms with Crippen LogP contribution in [0.15, 0.2) is 18.2 Å². The normalized spacial score (nSPS) is 11.8. The van der Waals surface area contributed by atoms with Gasteiger partial charge < -0.3 is 16.4 Å². The molecule has 6 heteroatoms. The molecule has 1 aromatic carbocycles. The number of amides is 1. The Balaban J connectivity index is 2.45. The van der Waals surface area contributed by atoms with E-state index in [1.807, 2.05) is 13.8 Å². The van der Waals surface area contributed by atoms with Gasteiger partial charge in [-0.3, -0.25) is 4.79 Å². The van der Waals surface area contributed by atoms with Gasteiger partial charge in [0.25, 0.3) is 0 Å². The van der Waals surface area contributed by atoms with E-state index in [1.165, 1.54) is 12.1 Å². The molecule has 0 saturated heterocycles. The highest BCUT2D eigenvalue weighted by atomic mass is 32.1. The van der Waals surface area contributed by atoms with E-state index in [2.05, 4.69) is 10.6 Å². The van der Waals surface area contributed by atoms with Gasteiger partial charge in [-0.15, -0.1) is 0 Å². The number of rotatable bonds is 7. The minimum atomic E-state index is -0.466. The van der Waals surface area contributed by atoms with Crippen LogP contribution in [0, 0.1) is 5.82 Å². The Morgan fingerprint density at radius 2 is 2.20 bits per heavy atom. The Morgan fingerprint density at radius 3 is 2.75 bits per heavy atom. The number of anilines is 1. The van der Waals surface area contributed by atoms with Gasteiger partial charge in [-0.2, -0.15) is 0 Å². The monoisotopic (exact) mass is 297 g/mol.